The van der Waals surface area contributed by atoms with Crippen molar-refractivity contribution in [2.24, 2.45) is 0 Å². The van der Waals surface area contributed by atoms with Crippen molar-refractivity contribution in [3.8, 4) is 0 Å². The van der Waals surface area contributed by atoms with Crippen molar-refractivity contribution in [1.82, 2.24) is 10.1 Å². The van der Waals surface area contributed by atoms with Crippen LogP contribution in [0.25, 0.3) is 11.0 Å². The average Bonchev–Trinajstić information content (AvgIpc) is 3.40. The summed E-state index contributed by atoms with van der Waals surface area (Å²) in [6, 6.07) is 8.26. The lowest BCUT2D eigenvalue weighted by Crippen LogP contribution is -2.33. The summed E-state index contributed by atoms with van der Waals surface area (Å²) in [6.45, 7) is 3.28. The molecule has 1 saturated heterocycles. The number of hydrogen-bond donors (Lipinski definition) is 1. The molecule has 3 heterocycles. The number of thioether (sulfide) groups is 1. The van der Waals surface area contributed by atoms with E-state index >= 15 is 0 Å². The van der Waals surface area contributed by atoms with Crippen molar-refractivity contribution in [2.45, 2.75) is 48.7 Å². The molecule has 0 unspecified atom stereocenters. The molecular formula is C23H27FN2O3S2. The van der Waals surface area contributed by atoms with E-state index in [4.69, 9.17) is 9.63 Å². The third-order valence-electron chi connectivity index (χ3n) is 5.84. The van der Waals surface area contributed by atoms with E-state index in [1.165, 1.54) is 42.7 Å². The highest BCUT2D eigenvalue weighted by molar-refractivity contribution is 8.01. The summed E-state index contributed by atoms with van der Waals surface area (Å²) < 4.78 is 19.8. The fraction of sp³-hybridized carbons (Fsp3) is 0.478. The van der Waals surface area contributed by atoms with Gasteiger partial charge in [-0.05, 0) is 75.3 Å². The molecule has 0 atom stereocenters. The van der Waals surface area contributed by atoms with Crippen LogP contribution in [-0.2, 0) is 0 Å². The molecule has 1 aliphatic heterocycles. The summed E-state index contributed by atoms with van der Waals surface area (Å²) in [7, 11) is 0. The molecule has 1 N–H and O–H groups in total. The van der Waals surface area contributed by atoms with Gasteiger partial charge in [0, 0.05) is 17.4 Å². The summed E-state index contributed by atoms with van der Waals surface area (Å²) in [5.41, 5.74) is 1.52. The zero-order chi connectivity index (χ0) is 21.6. The fourth-order valence-corrected chi connectivity index (χ4v) is 6.18. The predicted octanol–water partition coefficient (Wildman–Crippen LogP) is 6.26. The maximum atomic E-state index is 13.3. The first-order chi connectivity index (χ1) is 15.1. The van der Waals surface area contributed by atoms with Gasteiger partial charge >= 0.3 is 5.97 Å². The Labute approximate surface area is 189 Å². The molecule has 2 aromatic heterocycles. The third-order valence-corrected chi connectivity index (χ3v) is 8.23. The molecule has 0 aliphatic carbocycles. The van der Waals surface area contributed by atoms with E-state index in [0.29, 0.717) is 16.4 Å². The number of benzene rings is 1. The van der Waals surface area contributed by atoms with Crippen LogP contribution < -0.4 is 0 Å². The zero-order valence-electron chi connectivity index (χ0n) is 17.4. The molecule has 0 saturated carbocycles. The molecule has 166 valence electrons. The average molecular weight is 463 g/mol. The Morgan fingerprint density at radius 1 is 1.19 bits per heavy atom. The number of carbonyl (C=O) groups is 1. The van der Waals surface area contributed by atoms with Gasteiger partial charge in [0.1, 0.15) is 10.7 Å². The molecule has 3 aromatic rings. The van der Waals surface area contributed by atoms with E-state index in [1.54, 1.807) is 23.9 Å². The van der Waals surface area contributed by atoms with Crippen LogP contribution in [0.3, 0.4) is 0 Å². The molecule has 4 rings (SSSR count). The number of hydrogen-bond acceptors (Lipinski definition) is 6. The maximum absolute atomic E-state index is 13.3. The maximum Gasteiger partial charge on any atom is 0.345 e. The van der Waals surface area contributed by atoms with E-state index in [9.17, 15) is 9.18 Å². The molecule has 0 spiro atoms. The van der Waals surface area contributed by atoms with E-state index in [0.717, 1.165) is 59.9 Å². The molecule has 1 fully saturated rings. The molecule has 31 heavy (non-hydrogen) atoms. The number of nitrogens with zero attached hydrogens (tertiary/aromatic N) is 2. The molecule has 1 aliphatic rings. The number of thiophene rings is 1. The fourth-order valence-electron chi connectivity index (χ4n) is 4.13. The van der Waals surface area contributed by atoms with Crippen LogP contribution in [0, 0.1) is 5.82 Å². The Balaban J connectivity index is 1.10. The minimum atomic E-state index is -0.842. The Bertz CT molecular complexity index is 1010. The summed E-state index contributed by atoms with van der Waals surface area (Å²) in [5, 5.41) is 14.1. The summed E-state index contributed by atoms with van der Waals surface area (Å²) in [6.07, 6.45) is 6.94. The number of rotatable bonds is 10. The highest BCUT2D eigenvalue weighted by Gasteiger charge is 2.24. The van der Waals surface area contributed by atoms with Crippen molar-refractivity contribution in [1.29, 1.82) is 0 Å². The molecule has 0 amide bonds. The highest BCUT2D eigenvalue weighted by Crippen LogP contribution is 2.33. The number of aromatic carboxylic acids is 1. The summed E-state index contributed by atoms with van der Waals surface area (Å²) in [5.74, 6) is 0.299. The number of carboxylic acid groups (broad SMARTS) is 1. The SMILES string of the molecule is O=C(O)c1ccc(SCCCCCCN2CCC(c3noc4cc(F)ccc34)CC2)s1. The first-order valence-electron chi connectivity index (χ1n) is 10.8. The van der Waals surface area contributed by atoms with Gasteiger partial charge in [0.2, 0.25) is 0 Å². The molecule has 5 nitrogen and oxygen atoms in total. The van der Waals surface area contributed by atoms with Crippen LogP contribution >= 0.6 is 23.1 Å². The van der Waals surface area contributed by atoms with Gasteiger partial charge < -0.3 is 14.5 Å². The number of unbranched alkanes of at least 4 members (excludes halogenated alkanes) is 3. The van der Waals surface area contributed by atoms with Gasteiger partial charge in [0.15, 0.2) is 5.58 Å². The van der Waals surface area contributed by atoms with Crippen molar-refractivity contribution in [2.75, 3.05) is 25.4 Å². The lowest BCUT2D eigenvalue weighted by molar-refractivity contribution is 0.0702. The van der Waals surface area contributed by atoms with Gasteiger partial charge in [0.05, 0.1) is 9.90 Å². The van der Waals surface area contributed by atoms with E-state index in [-0.39, 0.29) is 5.82 Å². The van der Waals surface area contributed by atoms with Gasteiger partial charge in [-0.3, -0.25) is 0 Å². The van der Waals surface area contributed by atoms with Crippen molar-refractivity contribution >= 4 is 40.0 Å². The lowest BCUT2D eigenvalue weighted by Gasteiger charge is -2.31. The number of aromatic nitrogens is 1. The summed E-state index contributed by atoms with van der Waals surface area (Å²) >= 11 is 3.11. The Morgan fingerprint density at radius 2 is 2.00 bits per heavy atom. The largest absolute Gasteiger partial charge is 0.477 e. The normalized spacial score (nSPS) is 15.6. The molecular weight excluding hydrogens is 435 g/mol. The van der Waals surface area contributed by atoms with Gasteiger partial charge in [-0.25, -0.2) is 9.18 Å². The first-order valence-corrected chi connectivity index (χ1v) is 12.6. The third kappa shape index (κ3) is 5.87. The van der Waals surface area contributed by atoms with E-state index in [2.05, 4.69) is 10.1 Å². The minimum Gasteiger partial charge on any atom is -0.477 e. The van der Waals surface area contributed by atoms with Crippen LogP contribution in [0.15, 0.2) is 39.1 Å². The second-order valence-electron chi connectivity index (χ2n) is 8.01. The van der Waals surface area contributed by atoms with Gasteiger partial charge in [-0.15, -0.1) is 23.1 Å². The minimum absolute atomic E-state index is 0.289. The van der Waals surface area contributed by atoms with Crippen LogP contribution in [0.4, 0.5) is 4.39 Å². The quantitative estimate of drug-likeness (QED) is 0.283. The molecule has 1 aromatic carbocycles. The van der Waals surface area contributed by atoms with Crippen molar-refractivity contribution in [3.63, 3.8) is 0 Å². The summed E-state index contributed by atoms with van der Waals surface area (Å²) in [4.78, 5) is 13.9. The Morgan fingerprint density at radius 3 is 2.77 bits per heavy atom. The van der Waals surface area contributed by atoms with Crippen LogP contribution in [0.1, 0.15) is 59.8 Å². The van der Waals surface area contributed by atoms with Gasteiger partial charge in [-0.2, -0.15) is 0 Å². The topological polar surface area (TPSA) is 66.6 Å². The zero-order valence-corrected chi connectivity index (χ0v) is 19.0. The number of carboxylic acids is 1. The van der Waals surface area contributed by atoms with Crippen molar-refractivity contribution < 1.29 is 18.8 Å². The van der Waals surface area contributed by atoms with Crippen LogP contribution in [-0.4, -0.2) is 46.5 Å². The first kappa shape index (κ1) is 22.3. The van der Waals surface area contributed by atoms with Crippen LogP contribution in [0.5, 0.6) is 0 Å². The monoisotopic (exact) mass is 462 g/mol. The van der Waals surface area contributed by atoms with Gasteiger partial charge in [-0.1, -0.05) is 18.0 Å². The van der Waals surface area contributed by atoms with Gasteiger partial charge in [0.25, 0.3) is 0 Å². The molecule has 8 heteroatoms. The van der Waals surface area contributed by atoms with Crippen LogP contribution in [0.2, 0.25) is 0 Å². The highest BCUT2D eigenvalue weighted by atomic mass is 32.2. The Kier molecular flexibility index (Phi) is 7.63. The second-order valence-corrected chi connectivity index (χ2v) is 10.5. The standard InChI is InChI=1S/C23H27FN2O3S2/c24-17-5-6-18-19(15-17)29-25-22(18)16-9-12-26(13-10-16)11-3-1-2-4-14-30-21-8-7-20(31-21)23(27)28/h5-8,15-16H,1-4,9-14H2,(H,27,28). The molecule has 0 radical (unpaired) electrons. The smallest absolute Gasteiger partial charge is 0.345 e. The number of fused-ring (bicyclic) bond motifs is 1. The number of likely N-dealkylation sites (tertiary alicyclic amines) is 1. The molecule has 0 bridgehead atoms. The Hall–Kier alpha value is -1.90. The number of piperidine rings is 1. The van der Waals surface area contributed by atoms with E-state index in [1.807, 2.05) is 6.07 Å². The van der Waals surface area contributed by atoms with E-state index < -0.39 is 5.97 Å². The predicted molar refractivity (Wildman–Crippen MR) is 123 cm³/mol. The van der Waals surface area contributed by atoms with Crippen molar-refractivity contribution in [3.05, 3.63) is 46.7 Å². The lowest BCUT2D eigenvalue weighted by atomic mass is 9.91. The number of halogens is 1. The second kappa shape index (κ2) is 10.6.